The first-order valence-corrected chi connectivity index (χ1v) is 7.74. The number of hydrogen-bond donors (Lipinski definition) is 2. The van der Waals surface area contributed by atoms with Crippen LogP contribution in [0.1, 0.15) is 12.2 Å². The highest BCUT2D eigenvalue weighted by Gasteiger charge is 2.30. The van der Waals surface area contributed by atoms with Crippen molar-refractivity contribution in [3.63, 3.8) is 0 Å². The van der Waals surface area contributed by atoms with Crippen LogP contribution in [-0.2, 0) is 18.4 Å². The molecule has 0 radical (unpaired) electrons. The van der Waals surface area contributed by atoms with E-state index in [9.17, 15) is 9.59 Å². The minimum absolute atomic E-state index is 0.251. The zero-order chi connectivity index (χ0) is 17.3. The van der Waals surface area contributed by atoms with Gasteiger partial charge in [0.1, 0.15) is 11.6 Å². The molecule has 2 N–H and O–H groups in total. The molecule has 1 atom stereocenters. The van der Waals surface area contributed by atoms with Crippen molar-refractivity contribution in [3.05, 3.63) is 24.0 Å². The van der Waals surface area contributed by atoms with Gasteiger partial charge in [-0.15, -0.1) is 0 Å². The number of urea groups is 1. The Morgan fingerprint density at radius 3 is 2.92 bits per heavy atom. The van der Waals surface area contributed by atoms with Crippen LogP contribution in [0.25, 0.3) is 11.0 Å². The Balaban J connectivity index is 1.66. The van der Waals surface area contributed by atoms with Crippen LogP contribution in [0, 0.1) is 5.92 Å². The first-order chi connectivity index (χ1) is 11.5. The molecular weight excluding hydrogens is 312 g/mol. The largest absolute Gasteiger partial charge is 0.497 e. The van der Waals surface area contributed by atoms with Crippen LogP contribution in [-0.4, -0.2) is 51.8 Å². The lowest BCUT2D eigenvalue weighted by Crippen LogP contribution is -2.39. The molecule has 128 valence electrons. The first kappa shape index (κ1) is 16.1. The zero-order valence-electron chi connectivity index (χ0n) is 13.7. The number of imidazole rings is 1. The summed E-state index contributed by atoms with van der Waals surface area (Å²) < 4.78 is 7.11. The highest BCUT2D eigenvalue weighted by atomic mass is 16.5. The second-order valence-corrected chi connectivity index (χ2v) is 5.87. The predicted molar refractivity (Wildman–Crippen MR) is 86.8 cm³/mol. The lowest BCUT2D eigenvalue weighted by Gasteiger charge is -2.16. The van der Waals surface area contributed by atoms with Crippen molar-refractivity contribution in [2.45, 2.75) is 13.0 Å². The summed E-state index contributed by atoms with van der Waals surface area (Å²) in [5, 5.41) is 11.8. The first-order valence-electron chi connectivity index (χ1n) is 7.74. The number of carbonyl (C=O) groups is 2. The Hall–Kier alpha value is -2.77. The van der Waals surface area contributed by atoms with Gasteiger partial charge in [0.15, 0.2) is 0 Å². The third kappa shape index (κ3) is 2.99. The highest BCUT2D eigenvalue weighted by Crippen LogP contribution is 2.21. The number of carbonyl (C=O) groups excluding carboxylic acids is 1. The van der Waals surface area contributed by atoms with Gasteiger partial charge in [0.2, 0.25) is 0 Å². The number of rotatable bonds is 4. The van der Waals surface area contributed by atoms with Gasteiger partial charge in [0.25, 0.3) is 0 Å². The number of nitrogens with one attached hydrogen (secondary N) is 1. The molecule has 2 heterocycles. The summed E-state index contributed by atoms with van der Waals surface area (Å²) in [5.74, 6) is 0.127. The fourth-order valence-corrected chi connectivity index (χ4v) is 2.93. The molecule has 8 nitrogen and oxygen atoms in total. The summed E-state index contributed by atoms with van der Waals surface area (Å²) in [4.78, 5) is 29.2. The van der Waals surface area contributed by atoms with E-state index in [1.807, 2.05) is 29.8 Å². The average Bonchev–Trinajstić information content (AvgIpc) is 3.18. The molecule has 1 aliphatic rings. The van der Waals surface area contributed by atoms with Crippen LogP contribution in [0.5, 0.6) is 5.75 Å². The number of fused-ring (bicyclic) bond motifs is 1. The maximum absolute atomic E-state index is 12.2. The molecule has 24 heavy (non-hydrogen) atoms. The van der Waals surface area contributed by atoms with Crippen molar-refractivity contribution in [1.29, 1.82) is 0 Å². The number of nitrogens with zero attached hydrogens (tertiary/aromatic N) is 3. The van der Waals surface area contributed by atoms with Gasteiger partial charge in [0.05, 0.1) is 30.6 Å². The van der Waals surface area contributed by atoms with E-state index in [0.29, 0.717) is 13.0 Å². The number of aryl methyl sites for hydroxylation is 1. The number of ether oxygens (including phenoxy) is 1. The van der Waals surface area contributed by atoms with Crippen molar-refractivity contribution in [3.8, 4) is 5.75 Å². The molecule has 3 rings (SSSR count). The van der Waals surface area contributed by atoms with Gasteiger partial charge in [-0.3, -0.25) is 4.79 Å². The van der Waals surface area contributed by atoms with E-state index in [2.05, 4.69) is 10.3 Å². The topological polar surface area (TPSA) is 96.7 Å². The lowest BCUT2D eigenvalue weighted by molar-refractivity contribution is -0.141. The summed E-state index contributed by atoms with van der Waals surface area (Å²) in [7, 11) is 3.49. The Bertz CT molecular complexity index is 786. The second-order valence-electron chi connectivity index (χ2n) is 5.87. The summed E-state index contributed by atoms with van der Waals surface area (Å²) >= 11 is 0. The molecule has 0 aliphatic carbocycles. The molecule has 0 bridgehead atoms. The molecule has 1 aliphatic heterocycles. The number of benzene rings is 1. The molecule has 1 unspecified atom stereocenters. The van der Waals surface area contributed by atoms with E-state index in [4.69, 9.17) is 9.84 Å². The minimum atomic E-state index is -0.852. The van der Waals surface area contributed by atoms with E-state index in [-0.39, 0.29) is 19.1 Å². The fraction of sp³-hybridized carbons (Fsp3) is 0.438. The number of hydrogen-bond acceptors (Lipinski definition) is 4. The van der Waals surface area contributed by atoms with Gasteiger partial charge in [0, 0.05) is 26.2 Å². The smallest absolute Gasteiger partial charge is 0.317 e. The van der Waals surface area contributed by atoms with Crippen LogP contribution < -0.4 is 10.1 Å². The molecule has 0 spiro atoms. The van der Waals surface area contributed by atoms with Crippen molar-refractivity contribution < 1.29 is 19.4 Å². The number of amides is 2. The Labute approximate surface area is 139 Å². The number of carboxylic acids is 1. The number of aromatic nitrogens is 2. The van der Waals surface area contributed by atoms with E-state index in [1.54, 1.807) is 7.11 Å². The standard InChI is InChI=1S/C16H20N4O4/c1-19-13-4-3-11(24-2)7-12(13)18-14(19)8-17-16(23)20-6-5-10(9-20)15(21)22/h3-4,7,10H,5-6,8-9H2,1-2H3,(H,17,23)(H,21,22). The molecule has 1 saturated heterocycles. The summed E-state index contributed by atoms with van der Waals surface area (Å²) in [5.41, 5.74) is 1.75. The monoisotopic (exact) mass is 332 g/mol. The van der Waals surface area contributed by atoms with Crippen LogP contribution in [0.15, 0.2) is 18.2 Å². The van der Waals surface area contributed by atoms with E-state index >= 15 is 0 Å². The molecular formula is C16H20N4O4. The maximum atomic E-state index is 12.2. The van der Waals surface area contributed by atoms with E-state index < -0.39 is 11.9 Å². The average molecular weight is 332 g/mol. The normalized spacial score (nSPS) is 17.2. The van der Waals surface area contributed by atoms with Gasteiger partial charge in [-0.2, -0.15) is 0 Å². The summed E-state index contributed by atoms with van der Waals surface area (Å²) in [6.07, 6.45) is 0.495. The van der Waals surface area contributed by atoms with E-state index in [1.165, 1.54) is 4.90 Å². The third-order valence-electron chi connectivity index (χ3n) is 4.40. The maximum Gasteiger partial charge on any atom is 0.317 e. The Morgan fingerprint density at radius 2 is 2.25 bits per heavy atom. The zero-order valence-corrected chi connectivity index (χ0v) is 13.7. The third-order valence-corrected chi connectivity index (χ3v) is 4.40. The Morgan fingerprint density at radius 1 is 1.46 bits per heavy atom. The van der Waals surface area contributed by atoms with Crippen LogP contribution in [0.2, 0.25) is 0 Å². The quantitative estimate of drug-likeness (QED) is 0.877. The molecule has 8 heteroatoms. The molecule has 1 aromatic heterocycles. The van der Waals surface area contributed by atoms with Gasteiger partial charge in [-0.25, -0.2) is 9.78 Å². The number of likely N-dealkylation sites (tertiary alicyclic amines) is 1. The minimum Gasteiger partial charge on any atom is -0.497 e. The van der Waals surface area contributed by atoms with E-state index in [0.717, 1.165) is 22.6 Å². The Kier molecular flexibility index (Phi) is 4.28. The lowest BCUT2D eigenvalue weighted by atomic mass is 10.1. The van der Waals surface area contributed by atoms with Crippen molar-refractivity contribution >= 4 is 23.0 Å². The number of carboxylic acid groups (broad SMARTS) is 1. The van der Waals surface area contributed by atoms with Crippen LogP contribution in [0.4, 0.5) is 4.79 Å². The molecule has 1 fully saturated rings. The highest BCUT2D eigenvalue weighted by molar-refractivity contribution is 5.79. The second kappa shape index (κ2) is 6.38. The van der Waals surface area contributed by atoms with Gasteiger partial charge >= 0.3 is 12.0 Å². The predicted octanol–water partition coefficient (Wildman–Crippen LogP) is 1.20. The van der Waals surface area contributed by atoms with Crippen molar-refractivity contribution in [2.75, 3.05) is 20.2 Å². The fourth-order valence-electron chi connectivity index (χ4n) is 2.93. The molecule has 0 saturated carbocycles. The number of methoxy groups -OCH3 is 1. The van der Waals surface area contributed by atoms with Gasteiger partial charge in [-0.05, 0) is 18.6 Å². The van der Waals surface area contributed by atoms with Gasteiger partial charge in [-0.1, -0.05) is 0 Å². The summed E-state index contributed by atoms with van der Waals surface area (Å²) in [6.45, 7) is 0.990. The van der Waals surface area contributed by atoms with Crippen LogP contribution >= 0.6 is 0 Å². The van der Waals surface area contributed by atoms with Gasteiger partial charge < -0.3 is 24.6 Å². The molecule has 1 aromatic carbocycles. The van der Waals surface area contributed by atoms with Crippen molar-refractivity contribution in [1.82, 2.24) is 19.8 Å². The molecule has 2 amide bonds. The molecule has 2 aromatic rings. The van der Waals surface area contributed by atoms with Crippen molar-refractivity contribution in [2.24, 2.45) is 13.0 Å². The summed E-state index contributed by atoms with van der Waals surface area (Å²) in [6, 6.07) is 5.37. The van der Waals surface area contributed by atoms with Crippen LogP contribution in [0.3, 0.4) is 0 Å². The number of aliphatic carboxylic acids is 1. The SMILES string of the molecule is COc1ccc2c(c1)nc(CNC(=O)N1CCC(C(=O)O)C1)n2C.